The van der Waals surface area contributed by atoms with Crippen molar-refractivity contribution in [2.24, 2.45) is 0 Å². The number of nitrogens with one attached hydrogen (secondary N) is 2. The van der Waals surface area contributed by atoms with E-state index in [1.165, 1.54) is 0 Å². The van der Waals surface area contributed by atoms with Gasteiger partial charge in [-0.1, -0.05) is 24.3 Å². The van der Waals surface area contributed by atoms with Crippen LogP contribution in [0.5, 0.6) is 0 Å². The third kappa shape index (κ3) is 2.10. The van der Waals surface area contributed by atoms with Gasteiger partial charge in [-0.25, -0.2) is 4.68 Å². The fourth-order valence-corrected chi connectivity index (χ4v) is 4.32. The van der Waals surface area contributed by atoms with Crippen LogP contribution >= 0.6 is 0 Å². The number of para-hydroxylation sites is 1. The Hall–Kier alpha value is -3.41. The molecule has 0 bridgehead atoms. The Morgan fingerprint density at radius 2 is 1.74 bits per heavy atom. The van der Waals surface area contributed by atoms with Crippen molar-refractivity contribution in [2.75, 3.05) is 10.6 Å². The fourth-order valence-electron chi connectivity index (χ4n) is 4.32. The summed E-state index contributed by atoms with van der Waals surface area (Å²) in [4.78, 5) is 25.7. The first kappa shape index (κ1) is 15.8. The monoisotopic (exact) mass is 358 g/mol. The first-order valence-corrected chi connectivity index (χ1v) is 8.87. The molecule has 0 saturated heterocycles. The molecule has 0 radical (unpaired) electrons. The predicted octanol–water partition coefficient (Wildman–Crippen LogP) is 3.07. The number of nitrogens with zero attached hydrogens (tertiary/aromatic N) is 2. The second-order valence-electron chi connectivity index (χ2n) is 7.29. The van der Waals surface area contributed by atoms with Crippen LogP contribution in [0.2, 0.25) is 0 Å². The Morgan fingerprint density at radius 1 is 1.00 bits per heavy atom. The van der Waals surface area contributed by atoms with Gasteiger partial charge in [0.15, 0.2) is 0 Å². The van der Waals surface area contributed by atoms with Gasteiger partial charge in [0.2, 0.25) is 11.8 Å². The minimum atomic E-state index is -1.04. The molecule has 1 spiro atoms. The fraction of sp³-hybridized carbons (Fsp3) is 0.190. The Bertz CT molecular complexity index is 1110. The van der Waals surface area contributed by atoms with E-state index in [0.717, 1.165) is 33.6 Å². The maximum atomic E-state index is 13.0. The van der Waals surface area contributed by atoms with Crippen molar-refractivity contribution in [3.05, 3.63) is 70.9 Å². The molecule has 2 aliphatic heterocycles. The summed E-state index contributed by atoms with van der Waals surface area (Å²) in [5.41, 5.74) is 4.34. The highest BCUT2D eigenvalue weighted by Crippen LogP contribution is 2.49. The summed E-state index contributed by atoms with van der Waals surface area (Å²) >= 11 is 0. The molecule has 27 heavy (non-hydrogen) atoms. The number of carbonyl (C=O) groups excluding carboxylic acids is 2. The van der Waals surface area contributed by atoms with E-state index < -0.39 is 5.41 Å². The van der Waals surface area contributed by atoms with Gasteiger partial charge in [0.05, 0.1) is 11.9 Å². The topological polar surface area (TPSA) is 76.0 Å². The van der Waals surface area contributed by atoms with E-state index in [-0.39, 0.29) is 18.2 Å². The summed E-state index contributed by atoms with van der Waals surface area (Å²) in [7, 11) is 0. The Kier molecular flexibility index (Phi) is 3.10. The summed E-state index contributed by atoms with van der Waals surface area (Å²) < 4.78 is 1.71. The number of hydrogen-bond donors (Lipinski definition) is 2. The van der Waals surface area contributed by atoms with E-state index in [2.05, 4.69) is 21.8 Å². The third-order valence-corrected chi connectivity index (χ3v) is 5.39. The van der Waals surface area contributed by atoms with Crippen LogP contribution in [0.25, 0.3) is 5.69 Å². The van der Waals surface area contributed by atoms with Crippen LogP contribution in [0.15, 0.2) is 48.7 Å². The molecule has 2 N–H and O–H groups in total. The van der Waals surface area contributed by atoms with Gasteiger partial charge in [0.25, 0.3) is 0 Å². The molecule has 5 rings (SSSR count). The highest BCUT2D eigenvalue weighted by Gasteiger charge is 2.54. The first-order valence-electron chi connectivity index (χ1n) is 8.87. The molecular weight excluding hydrogens is 340 g/mol. The van der Waals surface area contributed by atoms with Crippen molar-refractivity contribution < 1.29 is 9.59 Å². The van der Waals surface area contributed by atoms with Gasteiger partial charge in [-0.3, -0.25) is 9.59 Å². The molecule has 1 atom stereocenters. The van der Waals surface area contributed by atoms with Crippen molar-refractivity contribution in [3.8, 4) is 5.69 Å². The second kappa shape index (κ2) is 5.30. The lowest BCUT2D eigenvalue weighted by atomic mass is 9.72. The van der Waals surface area contributed by atoms with Crippen molar-refractivity contribution in [1.82, 2.24) is 9.78 Å². The zero-order valence-electron chi connectivity index (χ0n) is 15.0. The highest BCUT2D eigenvalue weighted by molar-refractivity contribution is 6.14. The van der Waals surface area contributed by atoms with Crippen molar-refractivity contribution in [2.45, 2.75) is 25.7 Å². The molecule has 3 heterocycles. The van der Waals surface area contributed by atoms with Gasteiger partial charge in [0, 0.05) is 17.7 Å². The minimum absolute atomic E-state index is 0.0708. The van der Waals surface area contributed by atoms with E-state index in [1.807, 2.05) is 50.2 Å². The molecule has 0 saturated carbocycles. The molecule has 3 aromatic rings. The van der Waals surface area contributed by atoms with E-state index in [1.54, 1.807) is 10.9 Å². The smallest absolute Gasteiger partial charge is 0.240 e. The summed E-state index contributed by atoms with van der Waals surface area (Å²) in [5.74, 6) is 0.184. The highest BCUT2D eigenvalue weighted by atomic mass is 16.2. The SMILES string of the molecule is Cc1cc(C)cc(-n2ncc3c2NC(=O)CC32C(=O)Nc3ccccc32)c1. The molecule has 2 aliphatic rings. The molecule has 1 unspecified atom stereocenters. The zero-order valence-corrected chi connectivity index (χ0v) is 15.0. The Morgan fingerprint density at radius 3 is 2.52 bits per heavy atom. The van der Waals surface area contributed by atoms with Gasteiger partial charge in [0.1, 0.15) is 11.2 Å². The summed E-state index contributed by atoms with van der Waals surface area (Å²) in [6.45, 7) is 4.04. The van der Waals surface area contributed by atoms with E-state index >= 15 is 0 Å². The first-order chi connectivity index (χ1) is 13.0. The Labute approximate surface area is 156 Å². The number of anilines is 2. The van der Waals surface area contributed by atoms with Crippen molar-refractivity contribution >= 4 is 23.3 Å². The minimum Gasteiger partial charge on any atom is -0.325 e. The van der Waals surface area contributed by atoms with Crippen LogP contribution in [0.1, 0.15) is 28.7 Å². The lowest BCUT2D eigenvalue weighted by Crippen LogP contribution is -2.43. The van der Waals surface area contributed by atoms with Crippen LogP contribution < -0.4 is 10.6 Å². The summed E-state index contributed by atoms with van der Waals surface area (Å²) in [6, 6.07) is 13.6. The van der Waals surface area contributed by atoms with Crippen LogP contribution in [-0.4, -0.2) is 21.6 Å². The summed E-state index contributed by atoms with van der Waals surface area (Å²) in [6.07, 6.45) is 1.77. The largest absolute Gasteiger partial charge is 0.325 e. The molecule has 2 amide bonds. The lowest BCUT2D eigenvalue weighted by molar-refractivity contribution is -0.125. The maximum Gasteiger partial charge on any atom is 0.240 e. The number of benzene rings is 2. The molecule has 1 aromatic heterocycles. The van der Waals surface area contributed by atoms with Gasteiger partial charge in [-0.15, -0.1) is 0 Å². The maximum absolute atomic E-state index is 13.0. The molecule has 0 aliphatic carbocycles. The van der Waals surface area contributed by atoms with E-state index in [9.17, 15) is 9.59 Å². The molecule has 134 valence electrons. The quantitative estimate of drug-likeness (QED) is 0.702. The zero-order chi connectivity index (χ0) is 18.8. The lowest BCUT2D eigenvalue weighted by Gasteiger charge is -2.31. The van der Waals surface area contributed by atoms with Gasteiger partial charge in [-0.2, -0.15) is 5.10 Å². The van der Waals surface area contributed by atoms with Crippen LogP contribution in [0.3, 0.4) is 0 Å². The molecule has 6 nitrogen and oxygen atoms in total. The predicted molar refractivity (Wildman–Crippen MR) is 102 cm³/mol. The number of aryl methyl sites for hydroxylation is 2. The molecule has 0 fully saturated rings. The van der Waals surface area contributed by atoms with Gasteiger partial charge in [-0.05, 0) is 48.7 Å². The van der Waals surface area contributed by atoms with Crippen LogP contribution in [0, 0.1) is 13.8 Å². The van der Waals surface area contributed by atoms with E-state index in [4.69, 9.17) is 0 Å². The number of fused-ring (bicyclic) bond motifs is 4. The van der Waals surface area contributed by atoms with Crippen LogP contribution in [0.4, 0.5) is 11.5 Å². The number of hydrogen-bond acceptors (Lipinski definition) is 3. The molecule has 2 aromatic carbocycles. The summed E-state index contributed by atoms with van der Waals surface area (Å²) in [5, 5.41) is 10.4. The van der Waals surface area contributed by atoms with Crippen molar-refractivity contribution in [3.63, 3.8) is 0 Å². The average Bonchev–Trinajstić information content (AvgIpc) is 3.15. The van der Waals surface area contributed by atoms with Crippen LogP contribution in [-0.2, 0) is 15.0 Å². The Balaban J connectivity index is 1.77. The normalized spacial score (nSPS) is 20.2. The van der Waals surface area contributed by atoms with Gasteiger partial charge < -0.3 is 10.6 Å². The number of amides is 2. The van der Waals surface area contributed by atoms with Gasteiger partial charge >= 0.3 is 0 Å². The number of rotatable bonds is 1. The average molecular weight is 358 g/mol. The standard InChI is InChI=1S/C21H18N4O2/c1-12-7-13(2)9-14(8-12)25-19-16(11-22-25)21(10-18(26)24-19)15-5-3-4-6-17(15)23-20(21)27/h3-9,11H,10H2,1-2H3,(H,23,27)(H,24,26). The van der Waals surface area contributed by atoms with Crippen molar-refractivity contribution in [1.29, 1.82) is 0 Å². The molecule has 6 heteroatoms. The third-order valence-electron chi connectivity index (χ3n) is 5.39. The number of aromatic nitrogens is 2. The van der Waals surface area contributed by atoms with E-state index in [0.29, 0.717) is 5.82 Å². The second-order valence-corrected chi connectivity index (χ2v) is 7.29. The molecular formula is C21H18N4O2. The number of carbonyl (C=O) groups is 2.